The van der Waals surface area contributed by atoms with Gasteiger partial charge in [-0.2, -0.15) is 0 Å². The van der Waals surface area contributed by atoms with Gasteiger partial charge < -0.3 is 10.3 Å². The summed E-state index contributed by atoms with van der Waals surface area (Å²) in [7, 11) is 0. The molecule has 0 aliphatic rings. The maximum atomic E-state index is 12.8. The average molecular weight is 358 g/mol. The summed E-state index contributed by atoms with van der Waals surface area (Å²) < 4.78 is 1.64. The lowest BCUT2D eigenvalue weighted by molar-refractivity contribution is 0.931. The molecule has 0 unspecified atom stereocenters. The molecule has 2 heterocycles. The number of anilines is 1. The average Bonchev–Trinajstić information content (AvgIpc) is 3.06. The van der Waals surface area contributed by atoms with Crippen molar-refractivity contribution in [1.82, 2.24) is 14.5 Å². The highest BCUT2D eigenvalue weighted by molar-refractivity contribution is 5.83. The van der Waals surface area contributed by atoms with Gasteiger partial charge in [-0.05, 0) is 55.2 Å². The molecule has 2 aromatic heterocycles. The molecule has 4 rings (SSSR count). The summed E-state index contributed by atoms with van der Waals surface area (Å²) >= 11 is 0. The van der Waals surface area contributed by atoms with Crippen LogP contribution in [0.3, 0.4) is 0 Å². The minimum Gasteiger partial charge on any atom is -0.365 e. The summed E-state index contributed by atoms with van der Waals surface area (Å²) in [6.45, 7) is 4.70. The van der Waals surface area contributed by atoms with Gasteiger partial charge in [-0.15, -0.1) is 0 Å². The van der Waals surface area contributed by atoms with Crippen molar-refractivity contribution >= 4 is 16.7 Å². The van der Waals surface area contributed by atoms with Crippen molar-refractivity contribution in [1.29, 1.82) is 0 Å². The molecule has 0 saturated carbocycles. The Kier molecular flexibility index (Phi) is 4.50. The standard InChI is InChI=1S/C22H22N4O/c1-15-11-16(2)13-18(12-15)26-10-9-24-21(22(26)27)23-8-7-17-14-25-20-6-4-3-5-19(17)20/h3-6,9-14,25H,7-8H2,1-2H3,(H,23,24). The summed E-state index contributed by atoms with van der Waals surface area (Å²) in [5, 5.41) is 4.41. The Hall–Kier alpha value is -3.34. The normalized spacial score (nSPS) is 11.0. The van der Waals surface area contributed by atoms with Crippen molar-refractivity contribution in [2.45, 2.75) is 20.3 Å². The summed E-state index contributed by atoms with van der Waals surface area (Å²) in [6.07, 6.45) is 6.21. The zero-order valence-electron chi connectivity index (χ0n) is 15.5. The van der Waals surface area contributed by atoms with E-state index in [-0.39, 0.29) is 5.56 Å². The first-order valence-electron chi connectivity index (χ1n) is 9.07. The molecule has 0 radical (unpaired) electrons. The predicted molar refractivity (Wildman–Crippen MR) is 110 cm³/mol. The third kappa shape index (κ3) is 3.49. The Morgan fingerprint density at radius 3 is 2.70 bits per heavy atom. The van der Waals surface area contributed by atoms with E-state index in [9.17, 15) is 4.79 Å². The van der Waals surface area contributed by atoms with Crippen LogP contribution < -0.4 is 10.9 Å². The molecule has 27 heavy (non-hydrogen) atoms. The van der Waals surface area contributed by atoms with E-state index in [2.05, 4.69) is 33.5 Å². The highest BCUT2D eigenvalue weighted by atomic mass is 16.1. The second kappa shape index (κ2) is 7.11. The van der Waals surface area contributed by atoms with Crippen LogP contribution in [0.25, 0.3) is 16.6 Å². The molecule has 0 aliphatic carbocycles. The molecule has 0 atom stereocenters. The first kappa shape index (κ1) is 17.1. The monoisotopic (exact) mass is 358 g/mol. The number of hydrogen-bond donors (Lipinski definition) is 2. The maximum Gasteiger partial charge on any atom is 0.297 e. The summed E-state index contributed by atoms with van der Waals surface area (Å²) in [4.78, 5) is 20.3. The SMILES string of the molecule is Cc1cc(C)cc(-n2ccnc(NCCc3c[nH]c4ccccc34)c2=O)c1. The summed E-state index contributed by atoms with van der Waals surface area (Å²) in [5.41, 5.74) is 5.33. The zero-order chi connectivity index (χ0) is 18.8. The largest absolute Gasteiger partial charge is 0.365 e. The smallest absolute Gasteiger partial charge is 0.297 e. The molecule has 2 aromatic carbocycles. The van der Waals surface area contributed by atoms with E-state index in [1.807, 2.05) is 44.3 Å². The molecule has 0 fully saturated rings. The minimum atomic E-state index is -0.138. The zero-order valence-corrected chi connectivity index (χ0v) is 15.5. The van der Waals surface area contributed by atoms with Gasteiger partial charge in [0, 0.05) is 41.7 Å². The van der Waals surface area contributed by atoms with Gasteiger partial charge >= 0.3 is 0 Å². The van der Waals surface area contributed by atoms with E-state index in [1.165, 1.54) is 10.9 Å². The second-order valence-corrected chi connectivity index (χ2v) is 6.83. The number of aryl methyl sites for hydroxylation is 2. The van der Waals surface area contributed by atoms with Crippen molar-refractivity contribution in [3.8, 4) is 5.69 Å². The first-order valence-corrected chi connectivity index (χ1v) is 9.07. The molecule has 2 N–H and O–H groups in total. The topological polar surface area (TPSA) is 62.7 Å². The van der Waals surface area contributed by atoms with Gasteiger partial charge in [0.2, 0.25) is 0 Å². The first-order chi connectivity index (χ1) is 13.1. The molecule has 0 spiro atoms. The molecule has 0 aliphatic heterocycles. The third-order valence-electron chi connectivity index (χ3n) is 4.69. The Bertz CT molecular complexity index is 1140. The van der Waals surface area contributed by atoms with Gasteiger partial charge in [0.25, 0.3) is 5.56 Å². The van der Waals surface area contributed by atoms with E-state index in [1.54, 1.807) is 17.0 Å². The van der Waals surface area contributed by atoms with Crippen LogP contribution in [0.5, 0.6) is 0 Å². The van der Waals surface area contributed by atoms with E-state index in [0.717, 1.165) is 28.8 Å². The van der Waals surface area contributed by atoms with Gasteiger partial charge in [-0.25, -0.2) is 4.98 Å². The molecular formula is C22H22N4O. The second-order valence-electron chi connectivity index (χ2n) is 6.83. The molecule has 4 aromatic rings. The van der Waals surface area contributed by atoms with Crippen LogP contribution in [0.4, 0.5) is 5.82 Å². The van der Waals surface area contributed by atoms with Crippen LogP contribution in [-0.4, -0.2) is 21.1 Å². The Morgan fingerprint density at radius 2 is 1.89 bits per heavy atom. The van der Waals surface area contributed by atoms with Crippen LogP contribution >= 0.6 is 0 Å². The van der Waals surface area contributed by atoms with Crippen LogP contribution in [0.15, 0.2) is 65.8 Å². The number of hydrogen-bond acceptors (Lipinski definition) is 3. The Labute approximate surface area is 157 Å². The van der Waals surface area contributed by atoms with Crippen molar-refractivity contribution < 1.29 is 0 Å². The van der Waals surface area contributed by atoms with Crippen molar-refractivity contribution in [2.75, 3.05) is 11.9 Å². The lowest BCUT2D eigenvalue weighted by atomic mass is 10.1. The lowest BCUT2D eigenvalue weighted by Gasteiger charge is -2.10. The van der Waals surface area contributed by atoms with Crippen LogP contribution in [0.1, 0.15) is 16.7 Å². The van der Waals surface area contributed by atoms with Gasteiger partial charge in [-0.1, -0.05) is 24.3 Å². The van der Waals surface area contributed by atoms with E-state index < -0.39 is 0 Å². The van der Waals surface area contributed by atoms with E-state index in [4.69, 9.17) is 0 Å². The quantitative estimate of drug-likeness (QED) is 0.567. The number of benzene rings is 2. The molecule has 0 bridgehead atoms. The van der Waals surface area contributed by atoms with E-state index >= 15 is 0 Å². The maximum absolute atomic E-state index is 12.8. The molecular weight excluding hydrogens is 336 g/mol. The highest BCUT2D eigenvalue weighted by Gasteiger charge is 2.08. The number of aromatic nitrogens is 3. The molecule has 5 heteroatoms. The molecule has 0 saturated heterocycles. The van der Waals surface area contributed by atoms with Crippen LogP contribution in [-0.2, 0) is 6.42 Å². The number of H-pyrrole nitrogens is 1. The van der Waals surface area contributed by atoms with Gasteiger partial charge in [0.05, 0.1) is 0 Å². The van der Waals surface area contributed by atoms with Crippen LogP contribution in [0, 0.1) is 13.8 Å². The van der Waals surface area contributed by atoms with Crippen molar-refractivity contribution in [3.05, 3.63) is 88.1 Å². The van der Waals surface area contributed by atoms with E-state index in [0.29, 0.717) is 12.4 Å². The number of rotatable bonds is 5. The number of aromatic amines is 1. The summed E-state index contributed by atoms with van der Waals surface area (Å²) in [5.74, 6) is 0.372. The van der Waals surface area contributed by atoms with Gasteiger partial charge in [0.1, 0.15) is 0 Å². The molecule has 136 valence electrons. The summed E-state index contributed by atoms with van der Waals surface area (Å²) in [6, 6.07) is 14.3. The van der Waals surface area contributed by atoms with Gasteiger partial charge in [0.15, 0.2) is 5.82 Å². The number of nitrogens with one attached hydrogen (secondary N) is 2. The molecule has 5 nitrogen and oxygen atoms in total. The fraction of sp³-hybridized carbons (Fsp3) is 0.182. The fourth-order valence-corrected chi connectivity index (χ4v) is 3.48. The third-order valence-corrected chi connectivity index (χ3v) is 4.69. The fourth-order valence-electron chi connectivity index (χ4n) is 3.48. The van der Waals surface area contributed by atoms with Crippen LogP contribution in [0.2, 0.25) is 0 Å². The molecule has 0 amide bonds. The lowest BCUT2D eigenvalue weighted by Crippen LogP contribution is -2.24. The van der Waals surface area contributed by atoms with Crippen molar-refractivity contribution in [3.63, 3.8) is 0 Å². The Morgan fingerprint density at radius 1 is 1.11 bits per heavy atom. The van der Waals surface area contributed by atoms with Gasteiger partial charge in [-0.3, -0.25) is 9.36 Å². The highest BCUT2D eigenvalue weighted by Crippen LogP contribution is 2.18. The van der Waals surface area contributed by atoms with Crippen molar-refractivity contribution in [2.24, 2.45) is 0 Å². The number of para-hydroxylation sites is 1. The number of fused-ring (bicyclic) bond motifs is 1. The minimum absolute atomic E-state index is 0.138. The predicted octanol–water partition coefficient (Wildman–Crippen LogP) is 3.99. The Balaban J connectivity index is 1.54. The number of nitrogens with zero attached hydrogens (tertiary/aromatic N) is 2.